The van der Waals surface area contributed by atoms with E-state index in [2.05, 4.69) is 0 Å². The highest BCUT2D eigenvalue weighted by atomic mass is 32.2. The van der Waals surface area contributed by atoms with Crippen LogP contribution in [0.3, 0.4) is 0 Å². The van der Waals surface area contributed by atoms with Gasteiger partial charge in [-0.15, -0.1) is 11.8 Å². The van der Waals surface area contributed by atoms with Crippen molar-refractivity contribution in [2.75, 3.05) is 12.3 Å². The number of carboxylic acid groups (broad SMARTS) is 1. The monoisotopic (exact) mass is 245 g/mol. The molecule has 1 atom stereocenters. The molecule has 1 saturated heterocycles. The van der Waals surface area contributed by atoms with E-state index in [1.54, 1.807) is 11.8 Å². The van der Waals surface area contributed by atoms with Gasteiger partial charge in [0, 0.05) is 11.3 Å². The Morgan fingerprint density at radius 3 is 2.56 bits per heavy atom. The van der Waals surface area contributed by atoms with Crippen molar-refractivity contribution in [1.29, 1.82) is 0 Å². The molecular weight excluding hydrogens is 226 g/mol. The third-order valence-corrected chi connectivity index (χ3v) is 3.74. The van der Waals surface area contributed by atoms with Gasteiger partial charge < -0.3 is 10.0 Å². The zero-order valence-corrected chi connectivity index (χ0v) is 10.8. The topological polar surface area (TPSA) is 57.6 Å². The van der Waals surface area contributed by atoms with Crippen LogP contribution >= 0.6 is 11.8 Å². The summed E-state index contributed by atoms with van der Waals surface area (Å²) in [7, 11) is 0. The van der Waals surface area contributed by atoms with Gasteiger partial charge in [0.25, 0.3) is 0 Å². The average Bonchev–Trinajstić information content (AvgIpc) is 2.61. The smallest absolute Gasteiger partial charge is 0.326 e. The van der Waals surface area contributed by atoms with Crippen molar-refractivity contribution in [3.05, 3.63) is 0 Å². The minimum Gasteiger partial charge on any atom is -0.480 e. The van der Waals surface area contributed by atoms with E-state index < -0.39 is 12.0 Å². The van der Waals surface area contributed by atoms with Crippen molar-refractivity contribution in [2.45, 2.75) is 44.4 Å². The van der Waals surface area contributed by atoms with E-state index in [1.807, 2.05) is 20.8 Å². The van der Waals surface area contributed by atoms with E-state index in [4.69, 9.17) is 5.11 Å². The molecule has 0 aromatic heterocycles. The van der Waals surface area contributed by atoms with Crippen molar-refractivity contribution in [1.82, 2.24) is 4.90 Å². The van der Waals surface area contributed by atoms with Gasteiger partial charge in [-0.25, -0.2) is 4.79 Å². The Kier molecular flexibility index (Phi) is 4.24. The van der Waals surface area contributed by atoms with Crippen LogP contribution in [-0.4, -0.2) is 45.0 Å². The van der Waals surface area contributed by atoms with E-state index in [-0.39, 0.29) is 10.7 Å². The molecule has 1 aliphatic heterocycles. The second kappa shape index (κ2) is 5.08. The van der Waals surface area contributed by atoms with Gasteiger partial charge in [0.2, 0.25) is 5.91 Å². The molecule has 0 aromatic rings. The molecule has 1 fully saturated rings. The molecule has 0 aliphatic carbocycles. The third-order valence-electron chi connectivity index (χ3n) is 2.49. The van der Waals surface area contributed by atoms with Gasteiger partial charge in [0.15, 0.2) is 0 Å². The van der Waals surface area contributed by atoms with Gasteiger partial charge in [0.1, 0.15) is 6.04 Å². The third kappa shape index (κ3) is 3.70. The number of carbonyl (C=O) groups is 2. The second-order valence-corrected chi connectivity index (χ2v) is 6.79. The number of nitrogens with zero attached hydrogens (tertiary/aromatic N) is 1. The number of carboxylic acids is 1. The van der Waals surface area contributed by atoms with E-state index >= 15 is 0 Å². The molecule has 1 rings (SSSR count). The summed E-state index contributed by atoms with van der Waals surface area (Å²) in [6, 6.07) is -0.604. The molecule has 0 bridgehead atoms. The Labute approximate surface area is 100 Å². The maximum absolute atomic E-state index is 11.8. The standard InChI is InChI=1S/C11H19NO3S/c1-11(2,3)16-7-9(13)12-6-4-5-8(12)10(14)15/h8H,4-7H2,1-3H3,(H,14,15)/t8-/m1/s1. The fourth-order valence-electron chi connectivity index (χ4n) is 1.68. The van der Waals surface area contributed by atoms with Gasteiger partial charge in [-0.1, -0.05) is 20.8 Å². The number of amides is 1. The van der Waals surface area contributed by atoms with Gasteiger partial charge in [-0.3, -0.25) is 4.79 Å². The van der Waals surface area contributed by atoms with Crippen molar-refractivity contribution >= 4 is 23.6 Å². The highest BCUT2D eigenvalue weighted by molar-refractivity contribution is 8.01. The number of carbonyl (C=O) groups excluding carboxylic acids is 1. The molecule has 0 unspecified atom stereocenters. The number of hydrogen-bond acceptors (Lipinski definition) is 3. The van der Waals surface area contributed by atoms with Crippen molar-refractivity contribution in [3.63, 3.8) is 0 Å². The van der Waals surface area contributed by atoms with E-state index in [1.165, 1.54) is 4.90 Å². The molecule has 1 aliphatic rings. The van der Waals surface area contributed by atoms with Crippen molar-refractivity contribution in [3.8, 4) is 0 Å². The van der Waals surface area contributed by atoms with Crippen LogP contribution in [0.15, 0.2) is 0 Å². The molecular formula is C11H19NO3S. The fourth-order valence-corrected chi connectivity index (χ4v) is 2.41. The second-order valence-electron chi connectivity index (χ2n) is 4.98. The number of aliphatic carboxylic acids is 1. The summed E-state index contributed by atoms with van der Waals surface area (Å²) in [5.74, 6) is -0.566. The van der Waals surface area contributed by atoms with Crippen LogP contribution in [-0.2, 0) is 9.59 Å². The van der Waals surface area contributed by atoms with E-state index in [0.29, 0.717) is 18.7 Å². The normalized spacial score (nSPS) is 21.2. The largest absolute Gasteiger partial charge is 0.480 e. The van der Waals surface area contributed by atoms with Gasteiger partial charge >= 0.3 is 5.97 Å². The molecule has 0 spiro atoms. The van der Waals surface area contributed by atoms with Gasteiger partial charge in [-0.2, -0.15) is 0 Å². The van der Waals surface area contributed by atoms with Crippen LogP contribution in [0.5, 0.6) is 0 Å². The zero-order valence-electron chi connectivity index (χ0n) is 10.0. The lowest BCUT2D eigenvalue weighted by atomic mass is 10.2. The lowest BCUT2D eigenvalue weighted by Crippen LogP contribution is -2.41. The molecule has 5 heteroatoms. The molecule has 0 aromatic carbocycles. The fraction of sp³-hybridized carbons (Fsp3) is 0.818. The molecule has 1 N–H and O–H groups in total. The molecule has 4 nitrogen and oxygen atoms in total. The zero-order chi connectivity index (χ0) is 12.3. The molecule has 16 heavy (non-hydrogen) atoms. The molecule has 1 amide bonds. The first-order chi connectivity index (χ1) is 7.31. The minimum atomic E-state index is -0.883. The summed E-state index contributed by atoms with van der Waals surface area (Å²) in [5, 5.41) is 8.96. The lowest BCUT2D eigenvalue weighted by molar-refractivity contribution is -0.147. The molecule has 0 saturated carbocycles. The first-order valence-corrected chi connectivity index (χ1v) is 6.46. The summed E-state index contributed by atoms with van der Waals surface area (Å²) in [6.07, 6.45) is 1.38. The maximum Gasteiger partial charge on any atom is 0.326 e. The highest BCUT2D eigenvalue weighted by Crippen LogP contribution is 2.25. The van der Waals surface area contributed by atoms with Crippen LogP contribution in [0.4, 0.5) is 0 Å². The summed E-state index contributed by atoms with van der Waals surface area (Å²) in [4.78, 5) is 24.3. The van der Waals surface area contributed by atoms with E-state index in [9.17, 15) is 9.59 Å². The molecule has 1 heterocycles. The summed E-state index contributed by atoms with van der Waals surface area (Å²) >= 11 is 1.56. The Morgan fingerprint density at radius 2 is 2.06 bits per heavy atom. The average molecular weight is 245 g/mol. The minimum absolute atomic E-state index is 0.0358. The van der Waals surface area contributed by atoms with E-state index in [0.717, 1.165) is 6.42 Å². The summed E-state index contributed by atoms with van der Waals surface area (Å²) < 4.78 is 0.0358. The lowest BCUT2D eigenvalue weighted by Gasteiger charge is -2.23. The Hall–Kier alpha value is -0.710. The maximum atomic E-state index is 11.8. The van der Waals surface area contributed by atoms with Crippen LogP contribution < -0.4 is 0 Å². The Balaban J connectivity index is 2.50. The first kappa shape index (κ1) is 13.4. The van der Waals surface area contributed by atoms with Crippen LogP contribution in [0, 0.1) is 0 Å². The summed E-state index contributed by atoms with van der Waals surface area (Å²) in [6.45, 7) is 6.72. The Bertz CT molecular complexity index is 285. The van der Waals surface area contributed by atoms with Gasteiger partial charge in [0.05, 0.1) is 5.75 Å². The predicted octanol–water partition coefficient (Wildman–Crippen LogP) is 1.59. The van der Waals surface area contributed by atoms with Crippen LogP contribution in [0.1, 0.15) is 33.6 Å². The van der Waals surface area contributed by atoms with Crippen LogP contribution in [0.25, 0.3) is 0 Å². The van der Waals surface area contributed by atoms with Crippen molar-refractivity contribution < 1.29 is 14.7 Å². The van der Waals surface area contributed by atoms with Crippen LogP contribution in [0.2, 0.25) is 0 Å². The molecule has 0 radical (unpaired) electrons. The SMILES string of the molecule is CC(C)(C)SCC(=O)N1CCC[C@@H]1C(=O)O. The Morgan fingerprint density at radius 1 is 1.44 bits per heavy atom. The number of likely N-dealkylation sites (tertiary alicyclic amines) is 1. The molecule has 92 valence electrons. The first-order valence-electron chi connectivity index (χ1n) is 5.47. The highest BCUT2D eigenvalue weighted by Gasteiger charge is 2.34. The number of hydrogen-bond donors (Lipinski definition) is 1. The summed E-state index contributed by atoms with van der Waals surface area (Å²) in [5.41, 5.74) is 0. The predicted molar refractivity (Wildman–Crippen MR) is 64.6 cm³/mol. The van der Waals surface area contributed by atoms with Gasteiger partial charge in [-0.05, 0) is 12.8 Å². The quantitative estimate of drug-likeness (QED) is 0.820. The number of rotatable bonds is 3. The number of thioether (sulfide) groups is 1. The van der Waals surface area contributed by atoms with Crippen molar-refractivity contribution in [2.24, 2.45) is 0 Å².